The number of carbonyl (C=O) groups is 2. The molecule has 1 aliphatic rings. The summed E-state index contributed by atoms with van der Waals surface area (Å²) < 4.78 is 10.8. The minimum Gasteiger partial charge on any atom is -0.462 e. The van der Waals surface area contributed by atoms with Crippen LogP contribution in [0.15, 0.2) is 48.5 Å². The van der Waals surface area contributed by atoms with E-state index in [0.717, 1.165) is 42.7 Å². The van der Waals surface area contributed by atoms with E-state index in [1.807, 2.05) is 18.2 Å². The summed E-state index contributed by atoms with van der Waals surface area (Å²) >= 11 is 0. The third-order valence-electron chi connectivity index (χ3n) is 6.44. The first-order chi connectivity index (χ1) is 16.4. The lowest BCUT2D eigenvalue weighted by Gasteiger charge is -2.27. The molecule has 0 saturated heterocycles. The van der Waals surface area contributed by atoms with Crippen LogP contribution in [0.25, 0.3) is 6.08 Å². The van der Waals surface area contributed by atoms with Gasteiger partial charge in [0.15, 0.2) is 0 Å². The molecule has 0 atom stereocenters. The highest BCUT2D eigenvalue weighted by molar-refractivity contribution is 5.87. The van der Waals surface area contributed by atoms with Crippen LogP contribution in [0.5, 0.6) is 5.75 Å². The first kappa shape index (κ1) is 25.3. The van der Waals surface area contributed by atoms with Crippen molar-refractivity contribution in [3.8, 4) is 5.75 Å². The predicted molar refractivity (Wildman–Crippen MR) is 136 cm³/mol. The molecule has 6 nitrogen and oxygen atoms in total. The summed E-state index contributed by atoms with van der Waals surface area (Å²) in [5, 5.41) is 0. The second-order valence-electron chi connectivity index (χ2n) is 9.06. The van der Waals surface area contributed by atoms with Gasteiger partial charge in [-0.25, -0.2) is 4.79 Å². The highest BCUT2D eigenvalue weighted by Crippen LogP contribution is 2.32. The number of hydrogen-bond acceptors (Lipinski definition) is 6. The third kappa shape index (κ3) is 7.94. The largest absolute Gasteiger partial charge is 0.462 e. The molecule has 4 N–H and O–H groups in total. The molecule has 0 heterocycles. The molecule has 1 fully saturated rings. The smallest absolute Gasteiger partial charge is 0.330 e. The highest BCUT2D eigenvalue weighted by Gasteiger charge is 2.27. The predicted octanol–water partition coefficient (Wildman–Crippen LogP) is 5.55. The maximum absolute atomic E-state index is 12.5. The van der Waals surface area contributed by atoms with Crippen LogP contribution in [0, 0.1) is 11.8 Å². The first-order valence-corrected chi connectivity index (χ1v) is 12.2. The summed E-state index contributed by atoms with van der Waals surface area (Å²) in [6.07, 6.45) is 11.4. The Bertz CT molecular complexity index is 976. The Morgan fingerprint density at radius 3 is 2.44 bits per heavy atom. The van der Waals surface area contributed by atoms with Gasteiger partial charge in [0.2, 0.25) is 0 Å². The van der Waals surface area contributed by atoms with Gasteiger partial charge < -0.3 is 20.9 Å². The Labute approximate surface area is 202 Å². The molecule has 0 spiro atoms. The number of nitrogen functional groups attached to an aromatic ring is 2. The van der Waals surface area contributed by atoms with Crippen molar-refractivity contribution >= 4 is 29.4 Å². The van der Waals surface area contributed by atoms with Crippen molar-refractivity contribution in [1.82, 2.24) is 0 Å². The van der Waals surface area contributed by atoms with Crippen molar-refractivity contribution in [3.05, 3.63) is 59.7 Å². The van der Waals surface area contributed by atoms with Crippen LogP contribution in [0.4, 0.5) is 11.4 Å². The van der Waals surface area contributed by atoms with Crippen LogP contribution >= 0.6 is 0 Å². The lowest BCUT2D eigenvalue weighted by Crippen LogP contribution is -2.25. The molecule has 0 aromatic heterocycles. The number of unbranched alkanes of at least 4 members (excludes halogenated alkanes) is 1. The van der Waals surface area contributed by atoms with Crippen molar-refractivity contribution in [2.24, 2.45) is 11.8 Å². The summed E-state index contributed by atoms with van der Waals surface area (Å²) in [4.78, 5) is 24.5. The Morgan fingerprint density at radius 2 is 1.76 bits per heavy atom. The zero-order chi connectivity index (χ0) is 24.3. The summed E-state index contributed by atoms with van der Waals surface area (Å²) in [7, 11) is 0. The fourth-order valence-corrected chi connectivity index (χ4v) is 4.34. The van der Waals surface area contributed by atoms with E-state index in [1.165, 1.54) is 25.3 Å². The lowest BCUT2D eigenvalue weighted by atomic mass is 9.80. The number of ether oxygens (including phenoxy) is 2. The standard InChI is InChI=1S/C28H36N2O4/c1-2-3-4-20-5-10-23(11-6-20)28(32)34-25-14-7-21(8-15-25)9-16-27(31)33-18-17-22-12-13-24(29)19-26(22)30/h7-9,12-16,19-20,23H,2-6,10-11,17-18,29-30H2,1H3/b16-9+. The number of nitrogens with two attached hydrogens (primary N) is 2. The van der Waals surface area contributed by atoms with Gasteiger partial charge in [-0.1, -0.05) is 44.4 Å². The zero-order valence-corrected chi connectivity index (χ0v) is 20.0. The van der Waals surface area contributed by atoms with E-state index in [1.54, 1.807) is 30.3 Å². The van der Waals surface area contributed by atoms with Gasteiger partial charge in [-0.15, -0.1) is 0 Å². The average molecular weight is 465 g/mol. The number of esters is 2. The van der Waals surface area contributed by atoms with Gasteiger partial charge in [-0.05, 0) is 73.1 Å². The Morgan fingerprint density at radius 1 is 1.03 bits per heavy atom. The number of carbonyl (C=O) groups excluding carboxylic acids is 2. The molecule has 6 heteroatoms. The topological polar surface area (TPSA) is 105 Å². The first-order valence-electron chi connectivity index (χ1n) is 12.2. The zero-order valence-electron chi connectivity index (χ0n) is 20.0. The van der Waals surface area contributed by atoms with Crippen LogP contribution in [0.2, 0.25) is 0 Å². The maximum Gasteiger partial charge on any atom is 0.330 e. The van der Waals surface area contributed by atoms with E-state index < -0.39 is 5.97 Å². The normalized spacial score (nSPS) is 18.0. The number of benzene rings is 2. The molecule has 1 aliphatic carbocycles. The highest BCUT2D eigenvalue weighted by atomic mass is 16.5. The average Bonchev–Trinajstić information content (AvgIpc) is 2.84. The number of anilines is 2. The van der Waals surface area contributed by atoms with Crippen molar-refractivity contribution in [2.75, 3.05) is 18.1 Å². The second-order valence-corrected chi connectivity index (χ2v) is 9.06. The second kappa shape index (κ2) is 12.8. The van der Waals surface area contributed by atoms with Crippen molar-refractivity contribution in [1.29, 1.82) is 0 Å². The lowest BCUT2D eigenvalue weighted by molar-refractivity contribution is -0.140. The molecular weight excluding hydrogens is 428 g/mol. The Kier molecular flexibility index (Phi) is 9.56. The van der Waals surface area contributed by atoms with Crippen molar-refractivity contribution < 1.29 is 19.1 Å². The maximum atomic E-state index is 12.5. The van der Waals surface area contributed by atoms with E-state index >= 15 is 0 Å². The minimum atomic E-state index is -0.431. The fourth-order valence-electron chi connectivity index (χ4n) is 4.34. The fraction of sp³-hybridized carbons (Fsp3) is 0.429. The monoisotopic (exact) mass is 464 g/mol. The van der Waals surface area contributed by atoms with Crippen LogP contribution < -0.4 is 16.2 Å². The van der Waals surface area contributed by atoms with Gasteiger partial charge >= 0.3 is 11.9 Å². The van der Waals surface area contributed by atoms with E-state index in [4.69, 9.17) is 20.9 Å². The van der Waals surface area contributed by atoms with Crippen LogP contribution in [0.3, 0.4) is 0 Å². The number of rotatable bonds is 10. The summed E-state index contributed by atoms with van der Waals surface area (Å²) in [5.74, 6) is 0.717. The summed E-state index contributed by atoms with van der Waals surface area (Å²) in [6.45, 7) is 2.45. The molecule has 0 amide bonds. The van der Waals surface area contributed by atoms with Crippen LogP contribution in [-0.4, -0.2) is 18.5 Å². The van der Waals surface area contributed by atoms with Gasteiger partial charge in [-0.2, -0.15) is 0 Å². The molecular formula is C28H36N2O4. The summed E-state index contributed by atoms with van der Waals surface area (Å²) in [6, 6.07) is 12.4. The molecule has 182 valence electrons. The molecule has 0 bridgehead atoms. The minimum absolute atomic E-state index is 0.00388. The molecule has 2 aromatic rings. The van der Waals surface area contributed by atoms with Crippen molar-refractivity contribution in [2.45, 2.75) is 58.3 Å². The quantitative estimate of drug-likeness (QED) is 0.207. The van der Waals surface area contributed by atoms with Gasteiger partial charge in [0.1, 0.15) is 5.75 Å². The molecule has 3 rings (SSSR count). The molecule has 1 saturated carbocycles. The van der Waals surface area contributed by atoms with Gasteiger partial charge in [0, 0.05) is 23.9 Å². The van der Waals surface area contributed by atoms with E-state index in [0.29, 0.717) is 23.5 Å². The van der Waals surface area contributed by atoms with Crippen LogP contribution in [0.1, 0.15) is 63.0 Å². The van der Waals surface area contributed by atoms with Gasteiger partial charge in [0.25, 0.3) is 0 Å². The van der Waals surface area contributed by atoms with E-state index in [2.05, 4.69) is 6.92 Å². The molecule has 0 radical (unpaired) electrons. The van der Waals surface area contributed by atoms with Crippen LogP contribution in [-0.2, 0) is 20.7 Å². The molecule has 0 unspecified atom stereocenters. The molecule has 2 aromatic carbocycles. The molecule has 0 aliphatic heterocycles. The van der Waals surface area contributed by atoms with Gasteiger partial charge in [-0.3, -0.25) is 4.79 Å². The van der Waals surface area contributed by atoms with Gasteiger partial charge in [0.05, 0.1) is 12.5 Å². The van der Waals surface area contributed by atoms with Crippen molar-refractivity contribution in [3.63, 3.8) is 0 Å². The Balaban J connectivity index is 1.39. The Hall–Kier alpha value is -3.28. The third-order valence-corrected chi connectivity index (χ3v) is 6.44. The van der Waals surface area contributed by atoms with E-state index in [-0.39, 0.29) is 18.5 Å². The number of hydrogen-bond donors (Lipinski definition) is 2. The summed E-state index contributed by atoms with van der Waals surface area (Å²) in [5.41, 5.74) is 14.5. The van der Waals surface area contributed by atoms with E-state index in [9.17, 15) is 9.59 Å². The molecule has 34 heavy (non-hydrogen) atoms. The SMILES string of the molecule is CCCCC1CCC(C(=O)Oc2ccc(/C=C/C(=O)OCCc3ccc(N)cc3N)cc2)CC1.